The van der Waals surface area contributed by atoms with Crippen LogP contribution < -0.4 is 4.74 Å². The van der Waals surface area contributed by atoms with Gasteiger partial charge in [-0.1, -0.05) is 30.3 Å². The number of aliphatic hydroxyl groups excluding tert-OH is 1. The molecule has 2 heterocycles. The summed E-state index contributed by atoms with van der Waals surface area (Å²) in [7, 11) is 0. The number of Topliss-reactive ketones (excluding diaryl/α,β-unsaturated/α-hetero) is 1. The van der Waals surface area contributed by atoms with Gasteiger partial charge in [0.15, 0.2) is 0 Å². The van der Waals surface area contributed by atoms with Crippen molar-refractivity contribution >= 4 is 17.4 Å². The van der Waals surface area contributed by atoms with E-state index in [0.717, 1.165) is 5.56 Å². The van der Waals surface area contributed by atoms with Crippen LogP contribution >= 0.6 is 0 Å². The number of phenols is 1. The molecule has 4 rings (SSSR count). The molecule has 7 heteroatoms. The van der Waals surface area contributed by atoms with Gasteiger partial charge in [0.05, 0.1) is 18.2 Å². The molecular weight excluding hydrogens is 408 g/mol. The molecule has 32 heavy (non-hydrogen) atoms. The van der Waals surface area contributed by atoms with Gasteiger partial charge in [0.25, 0.3) is 11.7 Å². The van der Waals surface area contributed by atoms with Gasteiger partial charge in [-0.15, -0.1) is 0 Å². The lowest BCUT2D eigenvalue weighted by Crippen LogP contribution is -2.29. The van der Waals surface area contributed by atoms with Crippen LogP contribution in [-0.2, 0) is 16.1 Å². The average Bonchev–Trinajstić information content (AvgIpc) is 3.05. The summed E-state index contributed by atoms with van der Waals surface area (Å²) >= 11 is 0. The molecule has 1 fully saturated rings. The summed E-state index contributed by atoms with van der Waals surface area (Å²) in [5.74, 6) is -1.29. The number of hydrogen-bond acceptors (Lipinski definition) is 6. The molecule has 7 nitrogen and oxygen atoms in total. The Labute approximate surface area is 185 Å². The Hall–Kier alpha value is -4.13. The van der Waals surface area contributed by atoms with Crippen LogP contribution in [0.5, 0.6) is 11.5 Å². The Morgan fingerprint density at radius 3 is 2.62 bits per heavy atom. The van der Waals surface area contributed by atoms with E-state index in [1.807, 2.05) is 6.92 Å². The van der Waals surface area contributed by atoms with Gasteiger partial charge in [-0.05, 0) is 48.4 Å². The second-order valence-corrected chi connectivity index (χ2v) is 7.34. The third kappa shape index (κ3) is 4.05. The van der Waals surface area contributed by atoms with Gasteiger partial charge in [0, 0.05) is 24.5 Å². The maximum absolute atomic E-state index is 13.1. The number of aliphatic hydroxyl groups is 1. The number of phenolic OH excluding ortho intramolecular Hbond substituents is 1. The Bertz CT molecular complexity index is 1190. The van der Waals surface area contributed by atoms with Crippen LogP contribution in [0.2, 0.25) is 0 Å². The van der Waals surface area contributed by atoms with Crippen molar-refractivity contribution in [3.8, 4) is 11.5 Å². The monoisotopic (exact) mass is 430 g/mol. The summed E-state index contributed by atoms with van der Waals surface area (Å²) in [6.45, 7) is 2.41. The third-order valence-electron chi connectivity index (χ3n) is 5.22. The molecule has 0 bridgehead atoms. The van der Waals surface area contributed by atoms with Crippen molar-refractivity contribution in [2.45, 2.75) is 19.5 Å². The van der Waals surface area contributed by atoms with E-state index in [1.54, 1.807) is 60.9 Å². The molecule has 1 aliphatic rings. The molecule has 3 aromatic rings. The highest BCUT2D eigenvalue weighted by Gasteiger charge is 2.46. The minimum atomic E-state index is -0.877. The van der Waals surface area contributed by atoms with E-state index in [9.17, 15) is 19.8 Å². The molecule has 1 atom stereocenters. The van der Waals surface area contributed by atoms with Gasteiger partial charge in [-0.2, -0.15) is 0 Å². The van der Waals surface area contributed by atoms with Crippen molar-refractivity contribution in [3.63, 3.8) is 0 Å². The number of aromatic nitrogens is 1. The van der Waals surface area contributed by atoms with Gasteiger partial charge in [-0.3, -0.25) is 14.6 Å². The molecule has 0 radical (unpaired) electrons. The van der Waals surface area contributed by atoms with Gasteiger partial charge in [0.1, 0.15) is 17.3 Å². The quantitative estimate of drug-likeness (QED) is 0.350. The fraction of sp³-hybridized carbons (Fsp3) is 0.160. The van der Waals surface area contributed by atoms with Gasteiger partial charge >= 0.3 is 0 Å². The molecule has 2 aromatic carbocycles. The summed E-state index contributed by atoms with van der Waals surface area (Å²) in [6, 6.07) is 15.7. The van der Waals surface area contributed by atoms with E-state index in [4.69, 9.17) is 4.74 Å². The number of nitrogens with zero attached hydrogens (tertiary/aromatic N) is 2. The molecule has 1 unspecified atom stereocenters. The minimum Gasteiger partial charge on any atom is -0.508 e. The van der Waals surface area contributed by atoms with Gasteiger partial charge in [0.2, 0.25) is 0 Å². The third-order valence-corrected chi connectivity index (χ3v) is 5.22. The Kier molecular flexibility index (Phi) is 5.89. The van der Waals surface area contributed by atoms with E-state index in [-0.39, 0.29) is 23.6 Å². The first-order valence-electron chi connectivity index (χ1n) is 10.2. The number of ether oxygens (including phenoxy) is 1. The summed E-state index contributed by atoms with van der Waals surface area (Å²) in [5.41, 5.74) is 1.56. The molecule has 0 spiro atoms. The highest BCUT2D eigenvalue weighted by molar-refractivity contribution is 6.46. The molecule has 0 saturated carbocycles. The van der Waals surface area contributed by atoms with Crippen LogP contribution in [-0.4, -0.2) is 38.4 Å². The zero-order valence-electron chi connectivity index (χ0n) is 17.4. The van der Waals surface area contributed by atoms with Crippen molar-refractivity contribution in [1.82, 2.24) is 9.88 Å². The van der Waals surface area contributed by atoms with Crippen molar-refractivity contribution < 1.29 is 24.5 Å². The molecule has 162 valence electrons. The number of likely N-dealkylation sites (tertiary alicyclic amines) is 1. The summed E-state index contributed by atoms with van der Waals surface area (Å²) in [4.78, 5) is 31.6. The highest BCUT2D eigenvalue weighted by atomic mass is 16.5. The van der Waals surface area contributed by atoms with E-state index in [2.05, 4.69) is 4.98 Å². The second-order valence-electron chi connectivity index (χ2n) is 7.34. The average molecular weight is 430 g/mol. The van der Waals surface area contributed by atoms with Crippen molar-refractivity contribution in [1.29, 1.82) is 0 Å². The lowest BCUT2D eigenvalue weighted by Gasteiger charge is -2.25. The van der Waals surface area contributed by atoms with E-state index >= 15 is 0 Å². The van der Waals surface area contributed by atoms with E-state index < -0.39 is 17.7 Å². The van der Waals surface area contributed by atoms with Crippen LogP contribution in [0.1, 0.15) is 29.7 Å². The maximum Gasteiger partial charge on any atom is 0.295 e. The molecular formula is C25H22N2O5. The van der Waals surface area contributed by atoms with Crippen molar-refractivity contribution in [2.24, 2.45) is 0 Å². The number of rotatable bonds is 6. The Morgan fingerprint density at radius 1 is 1.09 bits per heavy atom. The molecule has 0 aliphatic carbocycles. The number of carbonyl (C=O) groups is 2. The van der Waals surface area contributed by atoms with Crippen LogP contribution in [0.15, 0.2) is 78.6 Å². The molecule has 1 saturated heterocycles. The Balaban J connectivity index is 1.85. The van der Waals surface area contributed by atoms with Crippen molar-refractivity contribution in [3.05, 3.63) is 95.3 Å². The second kappa shape index (κ2) is 8.93. The molecule has 1 aliphatic heterocycles. The van der Waals surface area contributed by atoms with Gasteiger partial charge < -0.3 is 19.8 Å². The fourth-order valence-electron chi connectivity index (χ4n) is 3.83. The largest absolute Gasteiger partial charge is 0.508 e. The maximum atomic E-state index is 13.1. The lowest BCUT2D eigenvalue weighted by molar-refractivity contribution is -0.140. The van der Waals surface area contributed by atoms with Crippen LogP contribution in [0, 0.1) is 0 Å². The summed E-state index contributed by atoms with van der Waals surface area (Å²) < 4.78 is 5.50. The number of ketones is 1. The van der Waals surface area contributed by atoms with E-state index in [1.165, 1.54) is 17.0 Å². The summed E-state index contributed by atoms with van der Waals surface area (Å²) in [6.07, 6.45) is 3.24. The van der Waals surface area contributed by atoms with Crippen LogP contribution in [0.4, 0.5) is 0 Å². The number of benzene rings is 2. The number of pyridine rings is 1. The minimum absolute atomic E-state index is 0.00666. The molecule has 1 amide bonds. The standard InChI is InChI=1S/C25H22N2O5/c1-2-32-20-10-4-8-18(13-20)23(29)21-22(17-7-3-9-19(28)12-17)27(25(31)24(21)30)15-16-6-5-11-26-14-16/h3-14,22,28-29H,2,15H2,1H3/b23-21-. The van der Waals surface area contributed by atoms with Crippen LogP contribution in [0.25, 0.3) is 5.76 Å². The number of carbonyl (C=O) groups excluding carboxylic acids is 2. The predicted octanol–water partition coefficient (Wildman–Crippen LogP) is 3.81. The zero-order valence-corrected chi connectivity index (χ0v) is 17.4. The number of aromatic hydroxyl groups is 1. The fourth-order valence-corrected chi connectivity index (χ4v) is 3.83. The van der Waals surface area contributed by atoms with E-state index in [0.29, 0.717) is 23.5 Å². The SMILES string of the molecule is CCOc1cccc(/C(O)=C2/C(=O)C(=O)N(Cc3cccnc3)C2c2cccc(O)c2)c1. The number of amides is 1. The molecule has 1 aromatic heterocycles. The number of hydrogen-bond donors (Lipinski definition) is 2. The van der Waals surface area contributed by atoms with Crippen molar-refractivity contribution in [2.75, 3.05) is 6.61 Å². The molecule has 2 N–H and O–H groups in total. The summed E-state index contributed by atoms with van der Waals surface area (Å²) in [5, 5.41) is 21.2. The Morgan fingerprint density at radius 2 is 1.91 bits per heavy atom. The first-order chi connectivity index (χ1) is 15.5. The zero-order chi connectivity index (χ0) is 22.7. The first kappa shape index (κ1) is 21.1. The first-order valence-corrected chi connectivity index (χ1v) is 10.2. The predicted molar refractivity (Wildman–Crippen MR) is 118 cm³/mol. The topological polar surface area (TPSA) is 100.0 Å². The normalized spacial score (nSPS) is 17.5. The highest BCUT2D eigenvalue weighted by Crippen LogP contribution is 2.41. The van der Waals surface area contributed by atoms with Crippen LogP contribution in [0.3, 0.4) is 0 Å². The smallest absolute Gasteiger partial charge is 0.295 e. The van der Waals surface area contributed by atoms with Gasteiger partial charge in [-0.25, -0.2) is 0 Å². The lowest BCUT2D eigenvalue weighted by atomic mass is 9.95.